The molecule has 1 fully saturated rings. The summed E-state index contributed by atoms with van der Waals surface area (Å²) in [6.07, 6.45) is 1.52. The molecule has 0 aromatic heterocycles. The number of benzene rings is 2. The molecule has 0 aliphatic carbocycles. The Hall–Kier alpha value is -2.09. The molecule has 1 saturated heterocycles. The summed E-state index contributed by atoms with van der Waals surface area (Å²) in [7, 11) is 0. The Morgan fingerprint density at radius 2 is 1.69 bits per heavy atom. The molecule has 2 aromatic rings. The number of halogens is 1. The van der Waals surface area contributed by atoms with Gasteiger partial charge < -0.3 is 15.0 Å². The second kappa shape index (κ2) is 9.02. The van der Waals surface area contributed by atoms with E-state index < -0.39 is 0 Å². The molecule has 0 radical (unpaired) electrons. The summed E-state index contributed by atoms with van der Waals surface area (Å²) in [5, 5.41) is 3.05. The second-order valence-corrected chi connectivity index (χ2v) is 7.48. The van der Waals surface area contributed by atoms with Gasteiger partial charge in [-0.05, 0) is 71.8 Å². The van der Waals surface area contributed by atoms with Gasteiger partial charge in [-0.25, -0.2) is 0 Å². The number of nitrogens with one attached hydrogen (secondary N) is 1. The zero-order valence-corrected chi connectivity index (χ0v) is 16.5. The normalized spacial score (nSPS) is 14.7. The van der Waals surface area contributed by atoms with Gasteiger partial charge in [-0.3, -0.25) is 9.59 Å². The van der Waals surface area contributed by atoms with Gasteiger partial charge in [0.1, 0.15) is 5.75 Å². The zero-order valence-electron chi connectivity index (χ0n) is 14.4. The maximum absolute atomic E-state index is 12.3. The number of hydrogen-bond acceptors (Lipinski definition) is 3. The van der Waals surface area contributed by atoms with Crippen molar-refractivity contribution >= 4 is 34.4 Å². The van der Waals surface area contributed by atoms with Gasteiger partial charge in [0.25, 0.3) is 11.8 Å². The standard InChI is InChI=1S/C20H21IN2O3/c21-16-6-8-18(9-7-16)26-14-19(24)23-12-10-17(11-13-23)22-20(25)15-4-2-1-3-5-15/h1-9,17H,10-14H2,(H,22,25). The summed E-state index contributed by atoms with van der Waals surface area (Å²) in [6.45, 7) is 1.31. The van der Waals surface area contributed by atoms with Crippen LogP contribution in [0.25, 0.3) is 0 Å². The Morgan fingerprint density at radius 3 is 2.35 bits per heavy atom. The predicted octanol–water partition coefficient (Wildman–Crippen LogP) is 3.09. The zero-order chi connectivity index (χ0) is 18.4. The first-order valence-electron chi connectivity index (χ1n) is 8.64. The largest absolute Gasteiger partial charge is 0.484 e. The third kappa shape index (κ3) is 5.20. The second-order valence-electron chi connectivity index (χ2n) is 6.24. The molecular weight excluding hydrogens is 443 g/mol. The molecule has 2 amide bonds. The lowest BCUT2D eigenvalue weighted by molar-refractivity contribution is -0.134. The van der Waals surface area contributed by atoms with Gasteiger partial charge in [0.15, 0.2) is 6.61 Å². The first kappa shape index (κ1) is 18.7. The van der Waals surface area contributed by atoms with Crippen molar-refractivity contribution in [3.8, 4) is 5.75 Å². The number of hydrogen-bond donors (Lipinski definition) is 1. The first-order chi connectivity index (χ1) is 12.6. The number of piperidine rings is 1. The number of carbonyl (C=O) groups excluding carboxylic acids is 2. The summed E-state index contributed by atoms with van der Waals surface area (Å²) < 4.78 is 6.69. The number of ether oxygens (including phenoxy) is 1. The fourth-order valence-corrected chi connectivity index (χ4v) is 3.26. The van der Waals surface area contributed by atoms with Crippen molar-refractivity contribution in [2.75, 3.05) is 19.7 Å². The van der Waals surface area contributed by atoms with E-state index in [1.165, 1.54) is 0 Å². The van der Waals surface area contributed by atoms with Crippen LogP contribution in [0, 0.1) is 3.57 Å². The van der Waals surface area contributed by atoms with Crippen LogP contribution in [-0.2, 0) is 4.79 Å². The summed E-state index contributed by atoms with van der Waals surface area (Å²) in [5.74, 6) is 0.623. The van der Waals surface area contributed by atoms with E-state index in [1.807, 2.05) is 42.5 Å². The molecule has 2 aromatic carbocycles. The van der Waals surface area contributed by atoms with Crippen molar-refractivity contribution in [3.63, 3.8) is 0 Å². The van der Waals surface area contributed by atoms with Crippen molar-refractivity contribution < 1.29 is 14.3 Å². The van der Waals surface area contributed by atoms with E-state index in [1.54, 1.807) is 17.0 Å². The van der Waals surface area contributed by atoms with Gasteiger partial charge >= 0.3 is 0 Å². The average Bonchev–Trinajstić information content (AvgIpc) is 2.68. The maximum Gasteiger partial charge on any atom is 0.260 e. The third-order valence-electron chi connectivity index (χ3n) is 4.39. The summed E-state index contributed by atoms with van der Waals surface area (Å²) in [5.41, 5.74) is 0.664. The number of likely N-dealkylation sites (tertiary alicyclic amines) is 1. The first-order valence-corrected chi connectivity index (χ1v) is 9.72. The Balaban J connectivity index is 1.42. The summed E-state index contributed by atoms with van der Waals surface area (Å²) >= 11 is 2.23. The molecule has 1 N–H and O–H groups in total. The van der Waals surface area contributed by atoms with E-state index in [4.69, 9.17) is 4.74 Å². The van der Waals surface area contributed by atoms with E-state index in [0.717, 1.165) is 16.4 Å². The Morgan fingerprint density at radius 1 is 1.04 bits per heavy atom. The molecule has 0 unspecified atom stereocenters. The van der Waals surface area contributed by atoms with Gasteiger partial charge in [0.2, 0.25) is 0 Å². The SMILES string of the molecule is O=C(NC1CCN(C(=O)COc2ccc(I)cc2)CC1)c1ccccc1. The topological polar surface area (TPSA) is 58.6 Å². The van der Waals surface area contributed by atoms with Crippen LogP contribution in [0.4, 0.5) is 0 Å². The highest BCUT2D eigenvalue weighted by atomic mass is 127. The molecule has 136 valence electrons. The fraction of sp³-hybridized carbons (Fsp3) is 0.300. The van der Waals surface area contributed by atoms with Crippen LogP contribution in [0.2, 0.25) is 0 Å². The highest BCUT2D eigenvalue weighted by Crippen LogP contribution is 2.15. The molecule has 0 bridgehead atoms. The van der Waals surface area contributed by atoms with E-state index in [9.17, 15) is 9.59 Å². The number of rotatable bonds is 5. The van der Waals surface area contributed by atoms with Gasteiger partial charge in [0.05, 0.1) is 0 Å². The third-order valence-corrected chi connectivity index (χ3v) is 5.11. The minimum Gasteiger partial charge on any atom is -0.484 e. The minimum absolute atomic E-state index is 0.0172. The van der Waals surface area contributed by atoms with E-state index in [2.05, 4.69) is 27.9 Å². The lowest BCUT2D eigenvalue weighted by atomic mass is 10.0. The Kier molecular flexibility index (Phi) is 6.49. The van der Waals surface area contributed by atoms with Crippen LogP contribution in [0.1, 0.15) is 23.2 Å². The van der Waals surface area contributed by atoms with Crippen LogP contribution in [0.5, 0.6) is 5.75 Å². The van der Waals surface area contributed by atoms with Gasteiger partial charge in [-0.2, -0.15) is 0 Å². The van der Waals surface area contributed by atoms with E-state index in [-0.39, 0.29) is 24.5 Å². The molecule has 1 aliphatic heterocycles. The van der Waals surface area contributed by atoms with Crippen molar-refractivity contribution in [1.29, 1.82) is 0 Å². The van der Waals surface area contributed by atoms with Gasteiger partial charge in [0, 0.05) is 28.3 Å². The van der Waals surface area contributed by atoms with Crippen molar-refractivity contribution in [2.24, 2.45) is 0 Å². The Bertz CT molecular complexity index is 741. The molecule has 3 rings (SSSR count). The molecule has 1 aliphatic rings. The van der Waals surface area contributed by atoms with Crippen LogP contribution < -0.4 is 10.1 Å². The molecule has 0 spiro atoms. The smallest absolute Gasteiger partial charge is 0.260 e. The lowest BCUT2D eigenvalue weighted by Gasteiger charge is -2.32. The van der Waals surface area contributed by atoms with Crippen LogP contribution in [0.3, 0.4) is 0 Å². The molecule has 6 heteroatoms. The minimum atomic E-state index is -0.0579. The number of carbonyl (C=O) groups is 2. The van der Waals surface area contributed by atoms with Crippen molar-refractivity contribution in [2.45, 2.75) is 18.9 Å². The number of nitrogens with zero attached hydrogens (tertiary/aromatic N) is 1. The molecule has 0 atom stereocenters. The van der Waals surface area contributed by atoms with Gasteiger partial charge in [-0.15, -0.1) is 0 Å². The van der Waals surface area contributed by atoms with Crippen molar-refractivity contribution in [1.82, 2.24) is 10.2 Å². The quantitative estimate of drug-likeness (QED) is 0.693. The van der Waals surface area contributed by atoms with Gasteiger partial charge in [-0.1, -0.05) is 18.2 Å². The predicted molar refractivity (Wildman–Crippen MR) is 108 cm³/mol. The monoisotopic (exact) mass is 464 g/mol. The molecule has 5 nitrogen and oxygen atoms in total. The highest BCUT2D eigenvalue weighted by Gasteiger charge is 2.24. The van der Waals surface area contributed by atoms with Crippen molar-refractivity contribution in [3.05, 3.63) is 63.7 Å². The van der Waals surface area contributed by atoms with Crippen LogP contribution >= 0.6 is 22.6 Å². The lowest BCUT2D eigenvalue weighted by Crippen LogP contribution is -2.47. The maximum atomic E-state index is 12.3. The average molecular weight is 464 g/mol. The summed E-state index contributed by atoms with van der Waals surface area (Å²) in [4.78, 5) is 26.3. The fourth-order valence-electron chi connectivity index (χ4n) is 2.90. The molecule has 0 saturated carbocycles. The number of amides is 2. The highest BCUT2D eigenvalue weighted by molar-refractivity contribution is 14.1. The molecular formula is C20H21IN2O3. The van der Waals surface area contributed by atoms with E-state index >= 15 is 0 Å². The van der Waals surface area contributed by atoms with E-state index in [0.29, 0.717) is 24.4 Å². The molecule has 26 heavy (non-hydrogen) atoms. The summed E-state index contributed by atoms with van der Waals surface area (Å²) in [6, 6.07) is 16.9. The Labute approximate surface area is 166 Å². The molecule has 1 heterocycles. The van der Waals surface area contributed by atoms with Crippen LogP contribution in [-0.4, -0.2) is 42.5 Å². The van der Waals surface area contributed by atoms with Crippen LogP contribution in [0.15, 0.2) is 54.6 Å².